The maximum absolute atomic E-state index is 9.70. The van der Waals surface area contributed by atoms with Gasteiger partial charge in [-0.25, -0.2) is 0 Å². The Balaban J connectivity index is -0.000000152. The van der Waals surface area contributed by atoms with Gasteiger partial charge in [0.15, 0.2) is 0 Å². The summed E-state index contributed by atoms with van der Waals surface area (Å²) in [5, 5.41) is 2.39. The second kappa shape index (κ2) is 22.6. The zero-order valence-corrected chi connectivity index (χ0v) is 10.0. The van der Waals surface area contributed by atoms with E-state index in [2.05, 4.69) is 11.9 Å². The molecule has 1 amide bonds. The van der Waals surface area contributed by atoms with Gasteiger partial charge < -0.3 is 5.32 Å². The van der Waals surface area contributed by atoms with Crippen LogP contribution in [0.3, 0.4) is 0 Å². The van der Waals surface area contributed by atoms with E-state index in [9.17, 15) is 4.79 Å². The van der Waals surface area contributed by atoms with E-state index in [1.165, 1.54) is 6.92 Å². The topological polar surface area (TPSA) is 29.1 Å². The van der Waals surface area contributed by atoms with E-state index in [4.69, 9.17) is 0 Å². The van der Waals surface area contributed by atoms with Crippen LogP contribution in [-0.2, 0) is 4.79 Å². The van der Waals surface area contributed by atoms with Gasteiger partial charge in [-0.15, -0.1) is 0 Å². The Morgan fingerprint density at radius 2 is 1.64 bits per heavy atom. The second-order valence-corrected chi connectivity index (χ2v) is 1.95. The summed E-state index contributed by atoms with van der Waals surface area (Å²) < 4.78 is 0. The third kappa shape index (κ3) is 45.6. The molecule has 0 aromatic rings. The van der Waals surface area contributed by atoms with Crippen molar-refractivity contribution in [1.82, 2.24) is 5.32 Å². The minimum Gasteiger partial charge on any atom is -0.359 e. The molecule has 2 heteroatoms. The lowest BCUT2D eigenvalue weighted by Gasteiger charge is -1.80. The van der Waals surface area contributed by atoms with E-state index >= 15 is 0 Å². The van der Waals surface area contributed by atoms with Crippen LogP contribution in [0, 0.1) is 0 Å². The number of hydrogen-bond acceptors (Lipinski definition) is 1. The normalized spacial score (nSPS) is 8.36. The summed E-state index contributed by atoms with van der Waals surface area (Å²) in [6, 6.07) is 0. The molecule has 0 aliphatic rings. The fourth-order valence-corrected chi connectivity index (χ4v) is 0.254. The number of carbonyl (C=O) groups excluding carboxylic acids is 1. The first-order chi connectivity index (χ1) is 6.68. The van der Waals surface area contributed by atoms with Crippen LogP contribution in [-0.4, -0.2) is 13.0 Å². The van der Waals surface area contributed by atoms with Gasteiger partial charge in [0.2, 0.25) is 5.91 Å². The van der Waals surface area contributed by atoms with Crippen molar-refractivity contribution in [3.8, 4) is 0 Å². The summed E-state index contributed by atoms with van der Waals surface area (Å²) in [6.07, 6.45) is 9.51. The fourth-order valence-electron chi connectivity index (χ4n) is 0.254. The summed E-state index contributed by atoms with van der Waals surface area (Å²) in [7, 11) is 1.60. The number of amides is 1. The highest BCUT2D eigenvalue weighted by atomic mass is 16.1. The third-order valence-electron chi connectivity index (χ3n) is 0.903. The van der Waals surface area contributed by atoms with Crippen molar-refractivity contribution < 1.29 is 4.79 Å². The van der Waals surface area contributed by atoms with Crippen LogP contribution in [0.25, 0.3) is 0 Å². The SMILES string of the molecule is C=C/C=C\C=C/C.CC.CNC(C)=O. The molecule has 0 aromatic heterocycles. The largest absolute Gasteiger partial charge is 0.359 e. The molecule has 0 aliphatic carbocycles. The summed E-state index contributed by atoms with van der Waals surface area (Å²) in [5.74, 6) is 0.00463. The summed E-state index contributed by atoms with van der Waals surface area (Å²) in [5.41, 5.74) is 0. The first-order valence-electron chi connectivity index (χ1n) is 4.77. The molecule has 0 saturated carbocycles. The van der Waals surface area contributed by atoms with E-state index < -0.39 is 0 Å². The quantitative estimate of drug-likeness (QED) is 0.677. The summed E-state index contributed by atoms with van der Waals surface area (Å²) in [4.78, 5) is 9.70. The molecule has 0 radical (unpaired) electrons. The Bertz CT molecular complexity index is 169. The molecular weight excluding hydrogens is 174 g/mol. The number of hydrogen-bond donors (Lipinski definition) is 1. The molecule has 0 bridgehead atoms. The molecule has 0 atom stereocenters. The van der Waals surface area contributed by atoms with Crippen molar-refractivity contribution in [2.24, 2.45) is 0 Å². The fraction of sp³-hybridized carbons (Fsp3) is 0.417. The number of rotatable bonds is 2. The molecule has 2 nitrogen and oxygen atoms in total. The van der Waals surface area contributed by atoms with Gasteiger partial charge in [0.1, 0.15) is 0 Å². The molecule has 14 heavy (non-hydrogen) atoms. The number of allylic oxidation sites excluding steroid dienone is 5. The van der Waals surface area contributed by atoms with E-state index in [0.717, 1.165) is 0 Å². The van der Waals surface area contributed by atoms with Crippen LogP contribution in [0.1, 0.15) is 27.7 Å². The molecule has 0 rings (SSSR count). The zero-order chi connectivity index (χ0) is 11.8. The molecule has 0 saturated heterocycles. The predicted molar refractivity (Wildman–Crippen MR) is 65.2 cm³/mol. The average molecular weight is 197 g/mol. The zero-order valence-electron chi connectivity index (χ0n) is 10.0. The molecule has 0 unspecified atom stereocenters. The highest BCUT2D eigenvalue weighted by Crippen LogP contribution is 1.74. The molecule has 0 spiro atoms. The molecule has 82 valence electrons. The van der Waals surface area contributed by atoms with Crippen LogP contribution in [0.5, 0.6) is 0 Å². The Labute approximate surface area is 88.4 Å². The van der Waals surface area contributed by atoms with Gasteiger partial charge in [0.05, 0.1) is 0 Å². The Morgan fingerprint density at radius 3 is 1.86 bits per heavy atom. The minimum absolute atomic E-state index is 0.00463. The Kier molecular flexibility index (Phi) is 29.8. The first-order valence-corrected chi connectivity index (χ1v) is 4.77. The van der Waals surface area contributed by atoms with Gasteiger partial charge in [0, 0.05) is 14.0 Å². The summed E-state index contributed by atoms with van der Waals surface area (Å²) in [6.45, 7) is 11.0. The number of carbonyl (C=O) groups is 1. The third-order valence-corrected chi connectivity index (χ3v) is 0.903. The van der Waals surface area contributed by atoms with Gasteiger partial charge in [-0.2, -0.15) is 0 Å². The molecule has 0 heterocycles. The van der Waals surface area contributed by atoms with E-state index in [0.29, 0.717) is 0 Å². The van der Waals surface area contributed by atoms with Crippen LogP contribution in [0.4, 0.5) is 0 Å². The lowest BCUT2D eigenvalue weighted by molar-refractivity contribution is -0.118. The van der Waals surface area contributed by atoms with Crippen LogP contribution in [0.2, 0.25) is 0 Å². The van der Waals surface area contributed by atoms with Crippen molar-refractivity contribution in [1.29, 1.82) is 0 Å². The van der Waals surface area contributed by atoms with Gasteiger partial charge in [-0.05, 0) is 6.92 Å². The maximum atomic E-state index is 9.70. The smallest absolute Gasteiger partial charge is 0.216 e. The highest BCUT2D eigenvalue weighted by Gasteiger charge is 1.72. The Morgan fingerprint density at radius 1 is 1.21 bits per heavy atom. The lowest BCUT2D eigenvalue weighted by atomic mass is 10.4. The standard InChI is InChI=1S/C7H10.C3H7NO.C2H6/c1-3-5-7-6-4-2;1-3(5)4-2;1-2/h3-7H,1H2,2H3;1-2H3,(H,4,5);1-2H3/b6-4-,7-5-;;. The van der Waals surface area contributed by atoms with Crippen molar-refractivity contribution in [2.75, 3.05) is 7.05 Å². The lowest BCUT2D eigenvalue weighted by Crippen LogP contribution is -2.11. The second-order valence-electron chi connectivity index (χ2n) is 1.95. The average Bonchev–Trinajstić information content (AvgIpc) is 2.22. The highest BCUT2D eigenvalue weighted by molar-refractivity contribution is 5.72. The van der Waals surface area contributed by atoms with E-state index in [1.807, 2.05) is 45.1 Å². The molecule has 0 aromatic carbocycles. The summed E-state index contributed by atoms with van der Waals surface area (Å²) >= 11 is 0. The minimum atomic E-state index is 0.00463. The van der Waals surface area contributed by atoms with Crippen LogP contribution < -0.4 is 5.32 Å². The van der Waals surface area contributed by atoms with Gasteiger partial charge >= 0.3 is 0 Å². The van der Waals surface area contributed by atoms with Gasteiger partial charge in [-0.3, -0.25) is 4.79 Å². The van der Waals surface area contributed by atoms with Crippen LogP contribution in [0.15, 0.2) is 37.0 Å². The maximum Gasteiger partial charge on any atom is 0.216 e. The van der Waals surface area contributed by atoms with Crippen LogP contribution >= 0.6 is 0 Å². The molecule has 0 aliphatic heterocycles. The van der Waals surface area contributed by atoms with Crippen molar-refractivity contribution >= 4 is 5.91 Å². The van der Waals surface area contributed by atoms with E-state index in [-0.39, 0.29) is 5.91 Å². The molecular formula is C12H23NO. The number of nitrogens with one attached hydrogen (secondary N) is 1. The van der Waals surface area contributed by atoms with Crippen molar-refractivity contribution in [3.63, 3.8) is 0 Å². The first kappa shape index (κ1) is 18.5. The van der Waals surface area contributed by atoms with Gasteiger partial charge in [0.25, 0.3) is 0 Å². The molecule has 1 N–H and O–H groups in total. The van der Waals surface area contributed by atoms with Crippen molar-refractivity contribution in [2.45, 2.75) is 27.7 Å². The monoisotopic (exact) mass is 197 g/mol. The predicted octanol–water partition coefficient (Wildman–Crippen LogP) is 3.08. The molecule has 0 fully saturated rings. The van der Waals surface area contributed by atoms with E-state index in [1.54, 1.807) is 13.1 Å². The van der Waals surface area contributed by atoms with Gasteiger partial charge in [-0.1, -0.05) is 50.8 Å². The van der Waals surface area contributed by atoms with Crippen molar-refractivity contribution in [3.05, 3.63) is 37.0 Å². The Hall–Kier alpha value is -1.31.